The molecule has 3 rings (SSSR count). The number of unbranched alkanes of at least 4 members (excludes halogenated alkanes) is 13. The lowest BCUT2D eigenvalue weighted by atomic mass is 9.53. The van der Waals surface area contributed by atoms with Crippen LogP contribution in [-0.2, 0) is 23.7 Å². The van der Waals surface area contributed by atoms with Crippen LogP contribution >= 0.6 is 0 Å². The summed E-state index contributed by atoms with van der Waals surface area (Å²) in [5.41, 5.74) is 0.601. The van der Waals surface area contributed by atoms with Gasteiger partial charge >= 0.3 is 5.97 Å². The fourth-order valence-electron chi connectivity index (χ4n) is 6.99. The summed E-state index contributed by atoms with van der Waals surface area (Å²) < 4.78 is 22.5. The van der Waals surface area contributed by atoms with Gasteiger partial charge in [0.05, 0.1) is 13.2 Å². The number of hydrogen-bond donors (Lipinski definition) is 0. The Bertz CT molecular complexity index is 701. The standard InChI is InChI=1S/C38H71NO5/c1-4-6-8-9-10-11-12-13-14-15-16-17-28-39(3)29-32-44-36(40)19-20-37-21-24-38(25-22-37,26-23-37)27-31-42-35-43-34-33-41-30-18-7-5-2/h19-20H,4-18,21-35H2,1-3H3. The number of ether oxygens (including phenoxy) is 4. The highest BCUT2D eigenvalue weighted by atomic mass is 16.7. The quantitative estimate of drug-likeness (QED) is 0.0344. The Hall–Kier alpha value is -0.950. The molecule has 0 aromatic heterocycles. The van der Waals surface area contributed by atoms with Crippen LogP contribution in [0.15, 0.2) is 12.2 Å². The minimum Gasteiger partial charge on any atom is -0.461 e. The maximum absolute atomic E-state index is 12.4. The summed E-state index contributed by atoms with van der Waals surface area (Å²) in [4.78, 5) is 14.7. The Morgan fingerprint density at radius 2 is 1.16 bits per heavy atom. The molecule has 3 aliphatic rings. The molecule has 0 radical (unpaired) electrons. The molecule has 3 aliphatic carbocycles. The van der Waals surface area contributed by atoms with Gasteiger partial charge in [-0.25, -0.2) is 4.79 Å². The number of fused-ring (bicyclic) bond motifs is 3. The topological polar surface area (TPSA) is 57.2 Å². The molecule has 0 atom stereocenters. The van der Waals surface area contributed by atoms with Crippen molar-refractivity contribution in [1.82, 2.24) is 4.90 Å². The van der Waals surface area contributed by atoms with Crippen LogP contribution in [0.2, 0.25) is 0 Å². The second kappa shape index (κ2) is 25.2. The lowest BCUT2D eigenvalue weighted by molar-refractivity contribution is -0.138. The number of hydrogen-bond acceptors (Lipinski definition) is 6. The van der Waals surface area contributed by atoms with E-state index in [1.807, 2.05) is 0 Å². The predicted molar refractivity (Wildman–Crippen MR) is 183 cm³/mol. The zero-order valence-electron chi connectivity index (χ0n) is 29.4. The fraction of sp³-hybridized carbons (Fsp3) is 0.921. The summed E-state index contributed by atoms with van der Waals surface area (Å²) in [7, 11) is 2.14. The van der Waals surface area contributed by atoms with Gasteiger partial charge in [0, 0.05) is 25.8 Å². The van der Waals surface area contributed by atoms with E-state index < -0.39 is 0 Å². The maximum atomic E-state index is 12.4. The molecule has 0 spiro atoms. The minimum absolute atomic E-state index is 0.180. The van der Waals surface area contributed by atoms with Crippen LogP contribution in [0.3, 0.4) is 0 Å². The second-order valence-corrected chi connectivity index (χ2v) is 14.1. The first-order valence-corrected chi connectivity index (χ1v) is 18.8. The van der Waals surface area contributed by atoms with Crippen molar-refractivity contribution in [3.63, 3.8) is 0 Å². The summed E-state index contributed by atoms with van der Waals surface area (Å²) in [6.45, 7) is 10.1. The van der Waals surface area contributed by atoms with Crippen LogP contribution in [0.5, 0.6) is 0 Å². The number of nitrogens with zero attached hydrogens (tertiary/aromatic N) is 1. The summed E-state index contributed by atoms with van der Waals surface area (Å²) in [6, 6.07) is 0. The van der Waals surface area contributed by atoms with Crippen LogP contribution < -0.4 is 0 Å². The molecule has 3 saturated carbocycles. The van der Waals surface area contributed by atoms with Gasteiger partial charge in [-0.2, -0.15) is 0 Å². The van der Waals surface area contributed by atoms with Crippen molar-refractivity contribution in [1.29, 1.82) is 0 Å². The van der Waals surface area contributed by atoms with E-state index >= 15 is 0 Å². The van der Waals surface area contributed by atoms with Crippen molar-refractivity contribution in [3.8, 4) is 0 Å². The van der Waals surface area contributed by atoms with Crippen molar-refractivity contribution in [2.45, 2.75) is 155 Å². The van der Waals surface area contributed by atoms with Crippen LogP contribution in [0, 0.1) is 10.8 Å². The number of carbonyl (C=O) groups is 1. The van der Waals surface area contributed by atoms with Crippen molar-refractivity contribution < 1.29 is 23.7 Å². The second-order valence-electron chi connectivity index (χ2n) is 14.1. The zero-order chi connectivity index (χ0) is 31.6. The first-order valence-electron chi connectivity index (χ1n) is 18.8. The molecular weight excluding hydrogens is 550 g/mol. The number of esters is 1. The van der Waals surface area contributed by atoms with Crippen LogP contribution in [0.4, 0.5) is 0 Å². The molecule has 0 N–H and O–H groups in total. The molecule has 0 aromatic carbocycles. The van der Waals surface area contributed by atoms with Gasteiger partial charge < -0.3 is 23.8 Å². The van der Waals surface area contributed by atoms with Gasteiger partial charge in [0.1, 0.15) is 13.4 Å². The Labute approximate surface area is 272 Å². The molecule has 0 heterocycles. The van der Waals surface area contributed by atoms with Crippen LogP contribution in [0.1, 0.15) is 155 Å². The third-order valence-corrected chi connectivity index (χ3v) is 10.4. The lowest BCUT2D eigenvalue weighted by Gasteiger charge is -2.52. The Morgan fingerprint density at radius 1 is 0.614 bits per heavy atom. The third-order valence-electron chi connectivity index (χ3n) is 10.4. The van der Waals surface area contributed by atoms with E-state index in [0.29, 0.717) is 32.0 Å². The molecule has 2 bridgehead atoms. The Balaban J connectivity index is 1.43. The van der Waals surface area contributed by atoms with Gasteiger partial charge in [-0.3, -0.25) is 0 Å². The van der Waals surface area contributed by atoms with E-state index in [1.54, 1.807) is 6.08 Å². The zero-order valence-corrected chi connectivity index (χ0v) is 29.4. The van der Waals surface area contributed by atoms with Gasteiger partial charge in [-0.05, 0) is 82.2 Å². The summed E-state index contributed by atoms with van der Waals surface area (Å²) in [5.74, 6) is -0.180. The molecule has 44 heavy (non-hydrogen) atoms. The number of carbonyl (C=O) groups excluding carboxylic acids is 1. The van der Waals surface area contributed by atoms with E-state index in [1.165, 1.54) is 128 Å². The third kappa shape index (κ3) is 18.3. The molecule has 6 nitrogen and oxygen atoms in total. The van der Waals surface area contributed by atoms with E-state index in [2.05, 4.69) is 31.9 Å². The monoisotopic (exact) mass is 622 g/mol. The largest absolute Gasteiger partial charge is 0.461 e. The summed E-state index contributed by atoms with van der Waals surface area (Å²) in [6.07, 6.45) is 32.3. The molecule has 0 saturated heterocycles. The van der Waals surface area contributed by atoms with Gasteiger partial charge in [0.2, 0.25) is 0 Å². The van der Waals surface area contributed by atoms with Gasteiger partial charge in [0.25, 0.3) is 0 Å². The van der Waals surface area contributed by atoms with E-state index in [0.717, 1.165) is 39.1 Å². The first-order chi connectivity index (χ1) is 21.5. The molecular formula is C38H71NO5. The normalized spacial score (nSPS) is 21.5. The number of rotatable bonds is 30. The van der Waals surface area contributed by atoms with Crippen LogP contribution in [-0.4, -0.2) is 70.8 Å². The van der Waals surface area contributed by atoms with Crippen molar-refractivity contribution in [2.75, 3.05) is 60.0 Å². The molecule has 0 amide bonds. The predicted octanol–water partition coefficient (Wildman–Crippen LogP) is 9.65. The highest BCUT2D eigenvalue weighted by molar-refractivity contribution is 5.82. The van der Waals surface area contributed by atoms with Crippen molar-refractivity contribution in [2.24, 2.45) is 10.8 Å². The van der Waals surface area contributed by atoms with Gasteiger partial charge in [-0.1, -0.05) is 103 Å². The smallest absolute Gasteiger partial charge is 0.330 e. The van der Waals surface area contributed by atoms with Gasteiger partial charge in [-0.15, -0.1) is 0 Å². The van der Waals surface area contributed by atoms with E-state index in [9.17, 15) is 4.79 Å². The number of allylic oxidation sites excluding steroid dienone is 1. The Kier molecular flexibility index (Phi) is 22.4. The molecule has 0 unspecified atom stereocenters. The summed E-state index contributed by atoms with van der Waals surface area (Å²) in [5, 5.41) is 0. The molecule has 6 heteroatoms. The fourth-order valence-corrected chi connectivity index (χ4v) is 6.99. The van der Waals surface area contributed by atoms with E-state index in [4.69, 9.17) is 18.9 Å². The molecule has 0 aromatic rings. The average molecular weight is 622 g/mol. The van der Waals surface area contributed by atoms with Gasteiger partial charge in [0.15, 0.2) is 0 Å². The first kappa shape index (κ1) is 39.2. The highest BCUT2D eigenvalue weighted by Gasteiger charge is 2.46. The highest BCUT2D eigenvalue weighted by Crippen LogP contribution is 2.58. The molecule has 258 valence electrons. The lowest BCUT2D eigenvalue weighted by Crippen LogP contribution is -2.41. The van der Waals surface area contributed by atoms with Crippen molar-refractivity contribution >= 4 is 5.97 Å². The average Bonchev–Trinajstić information content (AvgIpc) is 3.04. The Morgan fingerprint density at radius 3 is 1.80 bits per heavy atom. The van der Waals surface area contributed by atoms with E-state index in [-0.39, 0.29) is 11.4 Å². The molecule has 0 aliphatic heterocycles. The minimum atomic E-state index is -0.180. The van der Waals surface area contributed by atoms with Crippen LogP contribution in [0.25, 0.3) is 0 Å². The molecule has 3 fully saturated rings. The van der Waals surface area contributed by atoms with Crippen molar-refractivity contribution in [3.05, 3.63) is 12.2 Å². The number of likely N-dealkylation sites (N-methyl/N-ethyl adjacent to an activating group) is 1. The maximum Gasteiger partial charge on any atom is 0.330 e. The SMILES string of the molecule is CCCCCCCCCCCCCCN(C)CCOC(=O)C=CC12CCC(CCOCOCCOCCCCC)(CC1)CC2. The summed E-state index contributed by atoms with van der Waals surface area (Å²) >= 11 is 0.